The van der Waals surface area contributed by atoms with E-state index in [0.717, 1.165) is 29.8 Å². The van der Waals surface area contributed by atoms with Gasteiger partial charge in [0.2, 0.25) is 0 Å². The van der Waals surface area contributed by atoms with Crippen molar-refractivity contribution in [3.8, 4) is 6.07 Å². The molecule has 2 aromatic rings. The van der Waals surface area contributed by atoms with Crippen molar-refractivity contribution in [3.63, 3.8) is 0 Å². The van der Waals surface area contributed by atoms with Crippen molar-refractivity contribution in [1.29, 1.82) is 5.26 Å². The molecule has 3 rings (SSSR count). The summed E-state index contributed by atoms with van der Waals surface area (Å²) in [7, 11) is 0. The van der Waals surface area contributed by atoms with Crippen LogP contribution in [0.3, 0.4) is 0 Å². The molecule has 128 valence electrons. The van der Waals surface area contributed by atoms with Crippen LogP contribution >= 0.6 is 11.6 Å². The zero-order valence-electron chi connectivity index (χ0n) is 13.8. The molecule has 0 amide bonds. The Labute approximate surface area is 152 Å². The van der Waals surface area contributed by atoms with E-state index in [0.29, 0.717) is 23.6 Å². The molecule has 1 aliphatic rings. The van der Waals surface area contributed by atoms with E-state index in [1.807, 2.05) is 24.3 Å². The Morgan fingerprint density at radius 2 is 2.16 bits per heavy atom. The van der Waals surface area contributed by atoms with Gasteiger partial charge in [0.1, 0.15) is 5.78 Å². The van der Waals surface area contributed by atoms with Crippen molar-refractivity contribution in [2.75, 3.05) is 19.7 Å². The lowest BCUT2D eigenvalue weighted by atomic mass is 9.99. The van der Waals surface area contributed by atoms with Crippen molar-refractivity contribution in [2.45, 2.75) is 18.9 Å². The van der Waals surface area contributed by atoms with Crippen LogP contribution in [0.25, 0.3) is 0 Å². The lowest BCUT2D eigenvalue weighted by Crippen LogP contribution is -2.33. The molecule has 4 nitrogen and oxygen atoms in total. The summed E-state index contributed by atoms with van der Waals surface area (Å²) >= 11 is 6.37. The van der Waals surface area contributed by atoms with Crippen LogP contribution in [0.5, 0.6) is 0 Å². The monoisotopic (exact) mass is 354 g/mol. The number of carbonyl (C=O) groups is 1. The van der Waals surface area contributed by atoms with Gasteiger partial charge in [0.15, 0.2) is 0 Å². The quantitative estimate of drug-likeness (QED) is 0.895. The molecule has 0 aromatic heterocycles. The molecule has 1 N–H and O–H groups in total. The third kappa shape index (κ3) is 4.67. The van der Waals surface area contributed by atoms with Gasteiger partial charge in [-0.2, -0.15) is 5.26 Å². The Balaban J connectivity index is 1.65. The topological polar surface area (TPSA) is 62.1 Å². The zero-order chi connectivity index (χ0) is 17.6. The summed E-state index contributed by atoms with van der Waals surface area (Å²) in [5.41, 5.74) is 3.25. The number of hydrogen-bond acceptors (Lipinski definition) is 4. The number of hydrogen-bond donors (Lipinski definition) is 1. The van der Waals surface area contributed by atoms with Crippen LogP contribution in [0.4, 0.5) is 0 Å². The number of nitrogens with one attached hydrogen (secondary N) is 1. The minimum atomic E-state index is 0.00437. The molecular weight excluding hydrogens is 336 g/mol. The predicted molar refractivity (Wildman–Crippen MR) is 96.6 cm³/mol. The van der Waals surface area contributed by atoms with Gasteiger partial charge in [0, 0.05) is 31.0 Å². The summed E-state index contributed by atoms with van der Waals surface area (Å²) in [4.78, 5) is 12.3. The highest BCUT2D eigenvalue weighted by Crippen LogP contribution is 2.25. The van der Waals surface area contributed by atoms with Crippen LogP contribution in [0, 0.1) is 11.3 Å². The number of ketones is 1. The lowest BCUT2D eigenvalue weighted by Gasteiger charge is -2.24. The number of rotatable bonds is 5. The molecule has 0 aliphatic carbocycles. The van der Waals surface area contributed by atoms with E-state index >= 15 is 0 Å². The Bertz CT molecular complexity index is 808. The van der Waals surface area contributed by atoms with Gasteiger partial charge in [-0.15, -0.1) is 0 Å². The second-order valence-electron chi connectivity index (χ2n) is 6.12. The van der Waals surface area contributed by atoms with Crippen LogP contribution in [0.2, 0.25) is 5.02 Å². The van der Waals surface area contributed by atoms with Gasteiger partial charge in [0.05, 0.1) is 24.3 Å². The summed E-state index contributed by atoms with van der Waals surface area (Å²) in [5, 5.41) is 12.8. The molecule has 0 saturated carbocycles. The second kappa shape index (κ2) is 8.26. The van der Waals surface area contributed by atoms with Crippen molar-refractivity contribution in [2.24, 2.45) is 0 Å². The lowest BCUT2D eigenvalue weighted by molar-refractivity contribution is -0.117. The minimum absolute atomic E-state index is 0.00437. The van der Waals surface area contributed by atoms with E-state index in [1.165, 1.54) is 0 Å². The van der Waals surface area contributed by atoms with Crippen molar-refractivity contribution >= 4 is 17.4 Å². The highest BCUT2D eigenvalue weighted by Gasteiger charge is 2.17. The maximum Gasteiger partial charge on any atom is 0.141 e. The van der Waals surface area contributed by atoms with Crippen LogP contribution in [-0.2, 0) is 22.4 Å². The molecule has 0 bridgehead atoms. The molecule has 25 heavy (non-hydrogen) atoms. The zero-order valence-corrected chi connectivity index (χ0v) is 14.6. The Morgan fingerprint density at radius 1 is 1.28 bits per heavy atom. The fourth-order valence-electron chi connectivity index (χ4n) is 2.94. The second-order valence-corrected chi connectivity index (χ2v) is 6.53. The molecule has 1 heterocycles. The van der Waals surface area contributed by atoms with Gasteiger partial charge in [-0.1, -0.05) is 35.9 Å². The summed E-state index contributed by atoms with van der Waals surface area (Å²) < 4.78 is 5.73. The van der Waals surface area contributed by atoms with Crippen LogP contribution in [-0.4, -0.2) is 25.5 Å². The van der Waals surface area contributed by atoms with Gasteiger partial charge in [0.25, 0.3) is 0 Å². The minimum Gasteiger partial charge on any atom is -0.371 e. The molecule has 5 heteroatoms. The molecular formula is C20H19ClN2O2. The van der Waals surface area contributed by atoms with E-state index in [-0.39, 0.29) is 18.3 Å². The summed E-state index contributed by atoms with van der Waals surface area (Å²) in [6.45, 7) is 2.32. The normalized spacial score (nSPS) is 17.0. The van der Waals surface area contributed by atoms with Crippen molar-refractivity contribution in [1.82, 2.24) is 5.32 Å². The van der Waals surface area contributed by atoms with E-state index < -0.39 is 0 Å². The van der Waals surface area contributed by atoms with Crippen LogP contribution in [0.1, 0.15) is 28.4 Å². The summed E-state index contributed by atoms with van der Waals surface area (Å²) in [6, 6.07) is 15.0. The number of benzene rings is 2. The largest absolute Gasteiger partial charge is 0.371 e. The first-order chi connectivity index (χ1) is 12.2. The van der Waals surface area contributed by atoms with Gasteiger partial charge in [-0.3, -0.25) is 4.79 Å². The molecule has 1 saturated heterocycles. The van der Waals surface area contributed by atoms with Gasteiger partial charge >= 0.3 is 0 Å². The number of morpholine rings is 1. The van der Waals surface area contributed by atoms with E-state index in [9.17, 15) is 4.79 Å². The smallest absolute Gasteiger partial charge is 0.141 e. The highest BCUT2D eigenvalue weighted by atomic mass is 35.5. The molecule has 1 aliphatic heterocycles. The number of Topliss-reactive ketones (excluding diaryl/α,β-unsaturated/α-hetero) is 1. The van der Waals surface area contributed by atoms with Gasteiger partial charge in [-0.25, -0.2) is 0 Å². The Morgan fingerprint density at radius 3 is 2.88 bits per heavy atom. The first kappa shape index (κ1) is 17.6. The molecule has 0 spiro atoms. The molecule has 0 unspecified atom stereocenters. The van der Waals surface area contributed by atoms with Crippen molar-refractivity contribution in [3.05, 3.63) is 69.7 Å². The van der Waals surface area contributed by atoms with E-state index in [1.54, 1.807) is 18.2 Å². The third-order valence-electron chi connectivity index (χ3n) is 4.22. The SMILES string of the molecule is N#Cc1cccc(CC(=O)Cc2ccc([C@@H]3CNCCO3)cc2Cl)c1. The molecule has 0 radical (unpaired) electrons. The maximum atomic E-state index is 12.3. The van der Waals surface area contributed by atoms with Crippen molar-refractivity contribution < 1.29 is 9.53 Å². The number of halogens is 1. The third-order valence-corrected chi connectivity index (χ3v) is 4.57. The first-order valence-electron chi connectivity index (χ1n) is 8.27. The first-order valence-corrected chi connectivity index (χ1v) is 8.65. The maximum absolute atomic E-state index is 12.3. The molecule has 1 atom stereocenters. The number of ether oxygens (including phenoxy) is 1. The predicted octanol–water partition coefficient (Wildman–Crippen LogP) is 3.23. The van der Waals surface area contributed by atoms with Gasteiger partial charge < -0.3 is 10.1 Å². The standard InChI is InChI=1S/C20H19ClN2O2/c21-19-11-17(20-13-23-6-7-25-20)5-4-16(19)10-18(24)9-14-2-1-3-15(8-14)12-22/h1-5,8,11,20,23H,6-7,9-10,13H2/t20-/m0/s1. The Kier molecular flexibility index (Phi) is 5.83. The van der Waals surface area contributed by atoms with Crippen LogP contribution < -0.4 is 5.32 Å². The van der Waals surface area contributed by atoms with E-state index in [2.05, 4.69) is 11.4 Å². The highest BCUT2D eigenvalue weighted by molar-refractivity contribution is 6.31. The fourth-order valence-corrected chi connectivity index (χ4v) is 3.20. The number of nitrogens with zero attached hydrogens (tertiary/aromatic N) is 1. The summed E-state index contributed by atoms with van der Waals surface area (Å²) in [6.07, 6.45) is 0.577. The fraction of sp³-hybridized carbons (Fsp3) is 0.300. The molecule has 1 fully saturated rings. The van der Waals surface area contributed by atoms with Crippen LogP contribution in [0.15, 0.2) is 42.5 Å². The summed E-state index contributed by atoms with van der Waals surface area (Å²) in [5.74, 6) is 0.0697. The van der Waals surface area contributed by atoms with E-state index in [4.69, 9.17) is 21.6 Å². The molecule has 2 aromatic carbocycles. The average Bonchev–Trinajstić information content (AvgIpc) is 2.64. The number of carbonyl (C=O) groups excluding carboxylic acids is 1. The Hall–Kier alpha value is -2.19. The average molecular weight is 355 g/mol. The van der Waals surface area contributed by atoms with Gasteiger partial charge in [-0.05, 0) is 34.9 Å². The number of nitriles is 1.